The van der Waals surface area contributed by atoms with Crippen molar-refractivity contribution >= 4 is 34.7 Å². The van der Waals surface area contributed by atoms with E-state index in [1.54, 1.807) is 41.2 Å². The van der Waals surface area contributed by atoms with E-state index in [0.717, 1.165) is 4.88 Å². The number of ether oxygens (including phenoxy) is 1. The van der Waals surface area contributed by atoms with E-state index < -0.39 is 5.41 Å². The Morgan fingerprint density at radius 3 is 2.78 bits per heavy atom. The summed E-state index contributed by atoms with van der Waals surface area (Å²) in [6, 6.07) is 12.6. The van der Waals surface area contributed by atoms with Crippen LogP contribution in [0.1, 0.15) is 35.1 Å². The van der Waals surface area contributed by atoms with Crippen LogP contribution in [0.3, 0.4) is 0 Å². The van der Waals surface area contributed by atoms with E-state index in [2.05, 4.69) is 20.6 Å². The first kappa shape index (κ1) is 24.4. The highest BCUT2D eigenvalue weighted by Gasteiger charge is 2.38. The molecule has 0 saturated carbocycles. The fourth-order valence-corrected chi connectivity index (χ4v) is 5.19. The summed E-state index contributed by atoms with van der Waals surface area (Å²) in [7, 11) is 0. The second kappa shape index (κ2) is 10.3. The highest BCUT2D eigenvalue weighted by molar-refractivity contribution is 7.16. The summed E-state index contributed by atoms with van der Waals surface area (Å²) in [4.78, 5) is 28.0. The van der Waals surface area contributed by atoms with Crippen molar-refractivity contribution in [3.05, 3.63) is 80.1 Å². The van der Waals surface area contributed by atoms with Crippen molar-refractivity contribution in [3.8, 4) is 11.3 Å². The Morgan fingerprint density at radius 2 is 2.06 bits per heavy atom. The van der Waals surface area contributed by atoms with E-state index in [-0.39, 0.29) is 18.0 Å². The number of carbonyl (C=O) groups is 1. The monoisotopic (exact) mass is 524 g/mol. The molecule has 11 heteroatoms. The number of aromatic nitrogens is 5. The molecule has 0 radical (unpaired) electrons. The molecule has 9 nitrogen and oxygen atoms in total. The molecule has 1 N–H and O–H groups in total. The van der Waals surface area contributed by atoms with Crippen LogP contribution in [0.25, 0.3) is 11.3 Å². The third-order valence-corrected chi connectivity index (χ3v) is 7.57. The molecule has 1 fully saturated rings. The molecule has 0 bridgehead atoms. The number of pyridine rings is 1. The zero-order valence-corrected chi connectivity index (χ0v) is 21.3. The minimum absolute atomic E-state index is 0.125. The molecular weight excluding hydrogens is 500 g/mol. The lowest BCUT2D eigenvalue weighted by Gasteiger charge is -2.31. The number of nitrogens with zero attached hydrogens (tertiary/aromatic N) is 5. The molecule has 0 aromatic carbocycles. The smallest absolute Gasteiger partial charge is 0.260 e. The average Bonchev–Trinajstić information content (AvgIpc) is 3.50. The van der Waals surface area contributed by atoms with Gasteiger partial charge < -0.3 is 14.6 Å². The molecule has 186 valence electrons. The van der Waals surface area contributed by atoms with Crippen molar-refractivity contribution in [2.75, 3.05) is 18.5 Å². The van der Waals surface area contributed by atoms with Gasteiger partial charge in [0.05, 0.1) is 34.1 Å². The lowest BCUT2D eigenvalue weighted by atomic mass is 9.81. The minimum atomic E-state index is -0.604. The molecule has 0 aliphatic carbocycles. The highest BCUT2D eigenvalue weighted by Crippen LogP contribution is 2.34. The van der Waals surface area contributed by atoms with Crippen molar-refractivity contribution in [1.82, 2.24) is 24.5 Å². The highest BCUT2D eigenvalue weighted by atomic mass is 35.5. The van der Waals surface area contributed by atoms with E-state index in [0.29, 0.717) is 59.7 Å². The second-order valence-electron chi connectivity index (χ2n) is 8.93. The van der Waals surface area contributed by atoms with Crippen LogP contribution in [0.5, 0.6) is 0 Å². The van der Waals surface area contributed by atoms with Gasteiger partial charge >= 0.3 is 0 Å². The van der Waals surface area contributed by atoms with E-state index >= 15 is 0 Å². The number of halogens is 1. The standard InChI is InChI=1S/C25H25ClN6O3S/c1-25(8-12-35-13-9-25)24(34)32-22(27-15-18-6-7-21(26)36-18)14-20(30-32)19-5-3-11-31(23(19)33)16-17-4-2-10-28-29-17/h2-7,10-11,14,27H,8-9,12-13,15-16H2,1H3. The summed E-state index contributed by atoms with van der Waals surface area (Å²) < 4.78 is 9.13. The Kier molecular flexibility index (Phi) is 6.99. The van der Waals surface area contributed by atoms with Gasteiger partial charge in [-0.25, -0.2) is 0 Å². The van der Waals surface area contributed by atoms with Crippen LogP contribution in [0.4, 0.5) is 5.82 Å². The Labute approximate surface area is 216 Å². The van der Waals surface area contributed by atoms with Crippen molar-refractivity contribution in [1.29, 1.82) is 0 Å². The van der Waals surface area contributed by atoms with Crippen molar-refractivity contribution in [3.63, 3.8) is 0 Å². The van der Waals surface area contributed by atoms with Gasteiger partial charge in [0, 0.05) is 36.6 Å². The van der Waals surface area contributed by atoms with Crippen LogP contribution in [0, 0.1) is 5.41 Å². The zero-order chi connectivity index (χ0) is 25.1. The van der Waals surface area contributed by atoms with E-state index in [1.165, 1.54) is 16.0 Å². The first-order valence-electron chi connectivity index (χ1n) is 11.6. The molecule has 4 aromatic rings. The number of thiophene rings is 1. The Morgan fingerprint density at radius 1 is 1.22 bits per heavy atom. The van der Waals surface area contributed by atoms with Gasteiger partial charge in [-0.2, -0.15) is 20.0 Å². The Balaban J connectivity index is 1.50. The molecule has 1 saturated heterocycles. The van der Waals surface area contributed by atoms with Crippen LogP contribution >= 0.6 is 22.9 Å². The van der Waals surface area contributed by atoms with Gasteiger partial charge in [-0.3, -0.25) is 9.59 Å². The average molecular weight is 525 g/mol. The number of anilines is 1. The summed E-state index contributed by atoms with van der Waals surface area (Å²) in [6.45, 7) is 3.75. The molecule has 1 aliphatic heterocycles. The lowest BCUT2D eigenvalue weighted by molar-refractivity contribution is 0.0169. The fraction of sp³-hybridized carbons (Fsp3) is 0.320. The number of rotatable bonds is 7. The van der Waals surface area contributed by atoms with Crippen LogP contribution in [0.15, 0.2) is 59.7 Å². The molecule has 36 heavy (non-hydrogen) atoms. The molecule has 0 atom stereocenters. The summed E-state index contributed by atoms with van der Waals surface area (Å²) in [5.74, 6) is 0.399. The first-order chi connectivity index (χ1) is 17.4. The van der Waals surface area contributed by atoms with Crippen LogP contribution in [0.2, 0.25) is 4.34 Å². The predicted molar refractivity (Wildman–Crippen MR) is 138 cm³/mol. The van der Waals surface area contributed by atoms with Gasteiger partial charge in [0.1, 0.15) is 11.5 Å². The van der Waals surface area contributed by atoms with E-state index in [9.17, 15) is 9.59 Å². The fourth-order valence-electron chi connectivity index (χ4n) is 4.16. The molecule has 0 spiro atoms. The third-order valence-electron chi connectivity index (χ3n) is 6.34. The van der Waals surface area contributed by atoms with Gasteiger partial charge in [-0.05, 0) is 49.2 Å². The molecule has 4 aromatic heterocycles. The summed E-state index contributed by atoms with van der Waals surface area (Å²) >= 11 is 7.54. The Bertz CT molecular complexity index is 1430. The molecule has 1 aliphatic rings. The molecule has 5 heterocycles. The topological polar surface area (TPSA) is 104 Å². The summed E-state index contributed by atoms with van der Waals surface area (Å²) in [5, 5.41) is 15.9. The quantitative estimate of drug-likeness (QED) is 0.383. The van der Waals surface area contributed by atoms with Gasteiger partial charge in [0.2, 0.25) is 0 Å². The molecule has 0 unspecified atom stereocenters. The van der Waals surface area contributed by atoms with Gasteiger partial charge in [0.15, 0.2) is 0 Å². The van der Waals surface area contributed by atoms with Gasteiger partial charge in [-0.1, -0.05) is 18.5 Å². The van der Waals surface area contributed by atoms with Gasteiger partial charge in [0.25, 0.3) is 11.5 Å². The maximum absolute atomic E-state index is 13.7. The maximum Gasteiger partial charge on any atom is 0.260 e. The molecular formula is C25H25ClN6O3S. The van der Waals surface area contributed by atoms with E-state index in [1.807, 2.05) is 25.1 Å². The number of hydrogen-bond acceptors (Lipinski definition) is 8. The largest absolute Gasteiger partial charge is 0.381 e. The maximum atomic E-state index is 13.7. The van der Waals surface area contributed by atoms with Crippen molar-refractivity contribution in [2.45, 2.75) is 32.9 Å². The van der Waals surface area contributed by atoms with Crippen molar-refractivity contribution in [2.24, 2.45) is 5.41 Å². The normalized spacial score (nSPS) is 15.1. The van der Waals surface area contributed by atoms with Crippen molar-refractivity contribution < 1.29 is 9.53 Å². The Hall–Kier alpha value is -3.34. The summed E-state index contributed by atoms with van der Waals surface area (Å²) in [5.41, 5.74) is 0.653. The predicted octanol–water partition coefficient (Wildman–Crippen LogP) is 4.33. The third kappa shape index (κ3) is 5.11. The molecule has 0 amide bonds. The number of nitrogens with one attached hydrogen (secondary N) is 1. The SMILES string of the molecule is CC1(C(=O)n2nc(-c3cccn(Cc4cccnn4)c3=O)cc2NCc2ccc(Cl)s2)CCOCC1. The van der Waals surface area contributed by atoms with Crippen LogP contribution in [-0.4, -0.2) is 43.7 Å². The summed E-state index contributed by atoms with van der Waals surface area (Å²) in [6.07, 6.45) is 4.50. The minimum Gasteiger partial charge on any atom is -0.381 e. The van der Waals surface area contributed by atoms with E-state index in [4.69, 9.17) is 16.3 Å². The van der Waals surface area contributed by atoms with Gasteiger partial charge in [-0.15, -0.1) is 11.3 Å². The lowest BCUT2D eigenvalue weighted by Crippen LogP contribution is -2.38. The number of carbonyl (C=O) groups excluding carboxylic acids is 1. The molecule has 5 rings (SSSR count). The number of hydrogen-bond donors (Lipinski definition) is 1. The van der Waals surface area contributed by atoms with Crippen LogP contribution < -0.4 is 10.9 Å². The first-order valence-corrected chi connectivity index (χ1v) is 12.8. The zero-order valence-electron chi connectivity index (χ0n) is 19.7. The second-order valence-corrected chi connectivity index (χ2v) is 10.7. The van der Waals surface area contributed by atoms with Crippen LogP contribution in [-0.2, 0) is 17.8 Å².